The number of benzene rings is 1. The molecule has 0 N–H and O–H groups in total. The number of aryl methyl sites for hydroxylation is 2. The molecule has 0 saturated carbocycles. The Hall–Kier alpha value is -1.61. The molecule has 1 aromatic heterocycles. The highest BCUT2D eigenvalue weighted by molar-refractivity contribution is 5.88. The third-order valence-corrected chi connectivity index (χ3v) is 6.10. The molecular weight excluding hydrogens is 272 g/mol. The summed E-state index contributed by atoms with van der Waals surface area (Å²) in [5.74, 6) is 0.694. The molecule has 0 radical (unpaired) electrons. The van der Waals surface area contributed by atoms with Gasteiger partial charge >= 0.3 is 0 Å². The van der Waals surface area contributed by atoms with Gasteiger partial charge in [0.05, 0.1) is 6.04 Å². The first-order valence-electron chi connectivity index (χ1n) is 8.69. The average Bonchev–Trinajstić information content (AvgIpc) is 2.59. The van der Waals surface area contributed by atoms with Crippen molar-refractivity contribution in [3.8, 4) is 0 Å². The highest BCUT2D eigenvalue weighted by atomic mass is 16.1. The van der Waals surface area contributed by atoms with Crippen LogP contribution >= 0.6 is 0 Å². The molecule has 2 bridgehead atoms. The van der Waals surface area contributed by atoms with Crippen LogP contribution in [0.2, 0.25) is 0 Å². The van der Waals surface area contributed by atoms with Gasteiger partial charge in [0.1, 0.15) is 0 Å². The van der Waals surface area contributed by atoms with E-state index in [-0.39, 0.29) is 5.56 Å². The van der Waals surface area contributed by atoms with Crippen molar-refractivity contribution in [2.75, 3.05) is 19.6 Å². The largest absolute Gasteiger partial charge is 0.310 e. The van der Waals surface area contributed by atoms with Crippen LogP contribution in [0.15, 0.2) is 29.2 Å². The van der Waals surface area contributed by atoms with Gasteiger partial charge in [0, 0.05) is 18.1 Å². The van der Waals surface area contributed by atoms with Crippen LogP contribution in [0.3, 0.4) is 0 Å². The van der Waals surface area contributed by atoms with E-state index in [9.17, 15) is 4.79 Å². The quantitative estimate of drug-likeness (QED) is 0.808. The number of hydrogen-bond acceptors (Lipinski definition) is 2. The predicted molar refractivity (Wildman–Crippen MR) is 88.4 cm³/mol. The lowest BCUT2D eigenvalue weighted by Crippen LogP contribution is -2.50. The summed E-state index contributed by atoms with van der Waals surface area (Å²) >= 11 is 0. The van der Waals surface area contributed by atoms with Crippen LogP contribution in [-0.2, 0) is 12.8 Å². The van der Waals surface area contributed by atoms with Crippen LogP contribution in [0, 0.1) is 5.92 Å². The van der Waals surface area contributed by atoms with Crippen molar-refractivity contribution in [1.29, 1.82) is 0 Å². The van der Waals surface area contributed by atoms with Crippen LogP contribution in [-0.4, -0.2) is 29.1 Å². The second-order valence-corrected chi connectivity index (χ2v) is 7.27. The summed E-state index contributed by atoms with van der Waals surface area (Å²) in [6.07, 6.45) is 8.17. The molecule has 3 fully saturated rings. The lowest BCUT2D eigenvalue weighted by molar-refractivity contribution is 0.0555. The van der Waals surface area contributed by atoms with Gasteiger partial charge in [-0.05, 0) is 73.7 Å². The van der Waals surface area contributed by atoms with Crippen LogP contribution < -0.4 is 5.56 Å². The Morgan fingerprint density at radius 2 is 1.86 bits per heavy atom. The number of pyridine rings is 1. The smallest absolute Gasteiger partial charge is 0.258 e. The number of aromatic nitrogens is 1. The number of hydrogen-bond donors (Lipinski definition) is 0. The van der Waals surface area contributed by atoms with Crippen molar-refractivity contribution >= 4 is 10.8 Å². The van der Waals surface area contributed by atoms with Gasteiger partial charge in [0.2, 0.25) is 0 Å². The maximum Gasteiger partial charge on any atom is 0.258 e. The lowest BCUT2D eigenvalue weighted by atomic mass is 9.83. The topological polar surface area (TPSA) is 25.2 Å². The molecule has 1 aliphatic carbocycles. The normalized spacial score (nSPS) is 29.9. The van der Waals surface area contributed by atoms with Crippen molar-refractivity contribution in [2.24, 2.45) is 5.92 Å². The fourth-order valence-electron chi connectivity index (χ4n) is 4.95. The van der Waals surface area contributed by atoms with Gasteiger partial charge in [-0.3, -0.25) is 4.79 Å². The SMILES string of the molecule is O=c1c2cccc3c2c(cn1[C@@H]1CN2CCC1CC2)CCC3. The highest BCUT2D eigenvalue weighted by Gasteiger charge is 2.36. The summed E-state index contributed by atoms with van der Waals surface area (Å²) in [6, 6.07) is 6.69. The zero-order valence-corrected chi connectivity index (χ0v) is 12.9. The number of nitrogens with zero attached hydrogens (tertiary/aromatic N) is 2. The van der Waals surface area contributed by atoms with Crippen molar-refractivity contribution < 1.29 is 0 Å². The fraction of sp³-hybridized carbons (Fsp3) is 0.526. The molecule has 1 aromatic carbocycles. The van der Waals surface area contributed by atoms with Crippen molar-refractivity contribution in [3.05, 3.63) is 45.9 Å². The molecule has 22 heavy (non-hydrogen) atoms. The lowest BCUT2D eigenvalue weighted by Gasteiger charge is -2.45. The Morgan fingerprint density at radius 1 is 1.05 bits per heavy atom. The Labute approximate surface area is 130 Å². The van der Waals surface area contributed by atoms with Gasteiger partial charge in [-0.2, -0.15) is 0 Å². The average molecular weight is 294 g/mol. The fourth-order valence-corrected chi connectivity index (χ4v) is 4.95. The molecule has 3 nitrogen and oxygen atoms in total. The minimum absolute atomic E-state index is 0.237. The second kappa shape index (κ2) is 4.69. The Morgan fingerprint density at radius 3 is 2.64 bits per heavy atom. The zero-order valence-electron chi connectivity index (χ0n) is 12.9. The Bertz CT molecular complexity index is 799. The van der Waals surface area contributed by atoms with Gasteiger partial charge < -0.3 is 9.47 Å². The maximum atomic E-state index is 13.1. The number of fused-ring (bicyclic) bond motifs is 3. The first-order valence-corrected chi connectivity index (χ1v) is 8.69. The molecule has 6 rings (SSSR count). The van der Waals surface area contributed by atoms with Crippen LogP contribution in [0.1, 0.15) is 36.4 Å². The third kappa shape index (κ3) is 1.75. The van der Waals surface area contributed by atoms with E-state index < -0.39 is 0 Å². The van der Waals surface area contributed by atoms with E-state index in [1.165, 1.54) is 48.9 Å². The second-order valence-electron chi connectivity index (χ2n) is 7.27. The van der Waals surface area contributed by atoms with E-state index in [0.717, 1.165) is 24.8 Å². The van der Waals surface area contributed by atoms with Crippen LogP contribution in [0.4, 0.5) is 0 Å². The minimum Gasteiger partial charge on any atom is -0.310 e. The molecule has 0 unspecified atom stereocenters. The first kappa shape index (κ1) is 12.9. The van der Waals surface area contributed by atoms with Gasteiger partial charge in [0.25, 0.3) is 5.56 Å². The Balaban J connectivity index is 1.72. The molecule has 3 saturated heterocycles. The van der Waals surface area contributed by atoms with E-state index in [4.69, 9.17) is 0 Å². The Kier molecular flexibility index (Phi) is 2.75. The number of piperidine rings is 3. The zero-order chi connectivity index (χ0) is 14.7. The first-order chi connectivity index (χ1) is 10.8. The molecule has 0 spiro atoms. The predicted octanol–water partition coefficient (Wildman–Crippen LogP) is 2.76. The third-order valence-electron chi connectivity index (χ3n) is 6.10. The van der Waals surface area contributed by atoms with Crippen LogP contribution in [0.25, 0.3) is 10.8 Å². The van der Waals surface area contributed by atoms with E-state index in [2.05, 4.69) is 27.8 Å². The van der Waals surface area contributed by atoms with Crippen molar-refractivity contribution in [2.45, 2.75) is 38.1 Å². The molecule has 4 heterocycles. The molecule has 1 atom stereocenters. The van der Waals surface area contributed by atoms with Crippen LogP contribution in [0.5, 0.6) is 0 Å². The summed E-state index contributed by atoms with van der Waals surface area (Å²) in [5.41, 5.74) is 3.01. The molecule has 114 valence electrons. The summed E-state index contributed by atoms with van der Waals surface area (Å²) in [5, 5.41) is 2.21. The van der Waals surface area contributed by atoms with Gasteiger partial charge in [-0.1, -0.05) is 12.1 Å². The van der Waals surface area contributed by atoms with E-state index in [1.807, 2.05) is 6.07 Å². The monoisotopic (exact) mass is 294 g/mol. The standard InChI is InChI=1S/C19H22N2O/c22-19-16-6-2-4-14-3-1-5-15(18(14)16)11-21(19)17-12-20-9-7-13(17)8-10-20/h2,4,6,11,13,17H,1,3,5,7-10,12H2/t17-/m1/s1. The molecule has 0 amide bonds. The molecule has 3 heteroatoms. The summed E-state index contributed by atoms with van der Waals surface area (Å²) in [7, 11) is 0. The maximum absolute atomic E-state index is 13.1. The molecule has 4 aliphatic rings. The number of rotatable bonds is 1. The van der Waals surface area contributed by atoms with E-state index >= 15 is 0 Å². The van der Waals surface area contributed by atoms with Gasteiger partial charge in [-0.15, -0.1) is 0 Å². The van der Waals surface area contributed by atoms with E-state index in [0.29, 0.717) is 12.0 Å². The van der Waals surface area contributed by atoms with E-state index in [1.54, 1.807) is 0 Å². The summed E-state index contributed by atoms with van der Waals surface area (Å²) in [4.78, 5) is 15.6. The van der Waals surface area contributed by atoms with Gasteiger partial charge in [0.15, 0.2) is 0 Å². The molecule has 3 aliphatic heterocycles. The molecule has 2 aromatic rings. The summed E-state index contributed by atoms with van der Waals surface area (Å²) < 4.78 is 2.10. The minimum atomic E-state index is 0.237. The molecular formula is C19H22N2O. The van der Waals surface area contributed by atoms with Crippen molar-refractivity contribution in [1.82, 2.24) is 9.47 Å². The van der Waals surface area contributed by atoms with Gasteiger partial charge in [-0.25, -0.2) is 0 Å². The van der Waals surface area contributed by atoms with Crippen molar-refractivity contribution in [3.63, 3.8) is 0 Å². The highest BCUT2D eigenvalue weighted by Crippen LogP contribution is 2.36. The summed E-state index contributed by atoms with van der Waals surface area (Å²) in [6.45, 7) is 3.51.